The molecule has 1 unspecified atom stereocenters. The molecule has 0 aliphatic heterocycles. The van der Waals surface area contributed by atoms with Crippen LogP contribution in [0.5, 0.6) is 0 Å². The van der Waals surface area contributed by atoms with Crippen LogP contribution in [0.3, 0.4) is 0 Å². The van der Waals surface area contributed by atoms with Crippen LogP contribution >= 0.6 is 0 Å². The fourth-order valence-corrected chi connectivity index (χ4v) is 1.54. The molecule has 6 nitrogen and oxygen atoms in total. The van der Waals surface area contributed by atoms with Gasteiger partial charge >= 0.3 is 5.97 Å². The van der Waals surface area contributed by atoms with Crippen molar-refractivity contribution < 1.29 is 19.5 Å². The fraction of sp³-hybridized carbons (Fsp3) is 0.727. The van der Waals surface area contributed by atoms with Gasteiger partial charge in [-0.2, -0.15) is 0 Å². The van der Waals surface area contributed by atoms with Crippen LogP contribution in [0.25, 0.3) is 0 Å². The van der Waals surface area contributed by atoms with Crippen molar-refractivity contribution >= 4 is 17.8 Å². The van der Waals surface area contributed by atoms with E-state index in [-0.39, 0.29) is 11.8 Å². The van der Waals surface area contributed by atoms with E-state index in [4.69, 9.17) is 5.11 Å². The second kappa shape index (κ2) is 5.65. The first-order valence-electron chi connectivity index (χ1n) is 5.78. The summed E-state index contributed by atoms with van der Waals surface area (Å²) >= 11 is 0. The molecule has 0 aromatic rings. The zero-order valence-electron chi connectivity index (χ0n) is 10.0. The number of rotatable bonds is 6. The second-order valence-electron chi connectivity index (χ2n) is 4.31. The average molecular weight is 242 g/mol. The van der Waals surface area contributed by atoms with Crippen molar-refractivity contribution in [2.24, 2.45) is 11.8 Å². The molecule has 0 bridgehead atoms. The van der Waals surface area contributed by atoms with E-state index in [1.165, 1.54) is 0 Å². The third-order valence-electron chi connectivity index (χ3n) is 2.75. The van der Waals surface area contributed by atoms with E-state index in [1.54, 1.807) is 6.92 Å². The van der Waals surface area contributed by atoms with E-state index in [0.717, 1.165) is 6.42 Å². The molecule has 0 heterocycles. The highest BCUT2D eigenvalue weighted by Crippen LogP contribution is 2.38. The Hall–Kier alpha value is -1.59. The molecule has 96 valence electrons. The van der Waals surface area contributed by atoms with Crippen LogP contribution in [-0.4, -0.2) is 35.5 Å². The predicted molar refractivity (Wildman–Crippen MR) is 60.1 cm³/mol. The monoisotopic (exact) mass is 242 g/mol. The molecule has 2 amide bonds. The van der Waals surface area contributed by atoms with Crippen molar-refractivity contribution in [1.29, 1.82) is 0 Å². The molecular weight excluding hydrogens is 224 g/mol. The van der Waals surface area contributed by atoms with Crippen LogP contribution in [-0.2, 0) is 14.4 Å². The Morgan fingerprint density at radius 2 is 2.00 bits per heavy atom. The maximum atomic E-state index is 11.6. The van der Waals surface area contributed by atoms with Gasteiger partial charge in [0.15, 0.2) is 0 Å². The van der Waals surface area contributed by atoms with Crippen LogP contribution in [0.4, 0.5) is 0 Å². The molecule has 1 fully saturated rings. The molecule has 1 aliphatic rings. The highest BCUT2D eigenvalue weighted by molar-refractivity contribution is 5.92. The molecule has 3 N–H and O–H groups in total. The molecule has 1 rings (SSSR count). The quantitative estimate of drug-likeness (QED) is 0.598. The summed E-state index contributed by atoms with van der Waals surface area (Å²) in [5, 5.41) is 13.9. The van der Waals surface area contributed by atoms with Crippen LogP contribution in [0, 0.1) is 11.8 Å². The fourth-order valence-electron chi connectivity index (χ4n) is 1.54. The van der Waals surface area contributed by atoms with E-state index >= 15 is 0 Å². The first-order chi connectivity index (χ1) is 7.97. The molecule has 0 radical (unpaired) electrons. The molecule has 1 saturated carbocycles. The zero-order valence-corrected chi connectivity index (χ0v) is 10.0. The summed E-state index contributed by atoms with van der Waals surface area (Å²) in [6.45, 7) is 4.09. The lowest BCUT2D eigenvalue weighted by molar-refractivity contribution is -0.140. The number of carbonyl (C=O) groups excluding carboxylic acids is 2. The van der Waals surface area contributed by atoms with Crippen molar-refractivity contribution in [2.45, 2.75) is 32.7 Å². The Balaban J connectivity index is 2.32. The number of carboxylic acid groups (broad SMARTS) is 1. The maximum Gasteiger partial charge on any atom is 0.307 e. The standard InChI is InChI=1S/C11H18N2O4/c1-3-4-12-9(14)6(2)13-10(15)7-5-8(7)11(16)17/h6-8H,3-5H2,1-2H3,(H,12,14)(H,13,15)(H,16,17)/t6?,7-,8+/m1/s1. The zero-order chi connectivity index (χ0) is 13.0. The Kier molecular flexibility index (Phi) is 4.48. The molecule has 17 heavy (non-hydrogen) atoms. The van der Waals surface area contributed by atoms with Crippen LogP contribution in [0.2, 0.25) is 0 Å². The number of hydrogen-bond donors (Lipinski definition) is 3. The van der Waals surface area contributed by atoms with Gasteiger partial charge in [-0.3, -0.25) is 14.4 Å². The molecule has 6 heteroatoms. The lowest BCUT2D eigenvalue weighted by atomic mass is 10.2. The summed E-state index contributed by atoms with van der Waals surface area (Å²) in [5.74, 6) is -2.60. The van der Waals surface area contributed by atoms with Gasteiger partial charge in [0.05, 0.1) is 11.8 Å². The summed E-state index contributed by atoms with van der Waals surface area (Å²) in [6.07, 6.45) is 1.20. The van der Waals surface area contributed by atoms with Gasteiger partial charge in [-0.05, 0) is 19.8 Å². The lowest BCUT2D eigenvalue weighted by Crippen LogP contribution is -2.45. The number of aliphatic carboxylic acids is 1. The van der Waals surface area contributed by atoms with Gasteiger partial charge in [0.25, 0.3) is 0 Å². The number of nitrogens with one attached hydrogen (secondary N) is 2. The number of carboxylic acids is 1. The van der Waals surface area contributed by atoms with E-state index in [9.17, 15) is 14.4 Å². The highest BCUT2D eigenvalue weighted by Gasteiger charge is 2.48. The van der Waals surface area contributed by atoms with Crippen molar-refractivity contribution in [3.63, 3.8) is 0 Å². The minimum atomic E-state index is -0.951. The number of amides is 2. The van der Waals surface area contributed by atoms with Gasteiger partial charge in [0.1, 0.15) is 6.04 Å². The maximum absolute atomic E-state index is 11.6. The second-order valence-corrected chi connectivity index (χ2v) is 4.31. The van der Waals surface area contributed by atoms with Crippen molar-refractivity contribution in [1.82, 2.24) is 10.6 Å². The Morgan fingerprint density at radius 3 is 2.47 bits per heavy atom. The SMILES string of the molecule is CCCNC(=O)C(C)NC(=O)[C@@H]1C[C@@H]1C(=O)O. The minimum Gasteiger partial charge on any atom is -0.481 e. The average Bonchev–Trinajstić information content (AvgIpc) is 3.05. The molecule has 1 aliphatic carbocycles. The third-order valence-corrected chi connectivity index (χ3v) is 2.75. The van der Waals surface area contributed by atoms with Crippen LogP contribution < -0.4 is 10.6 Å². The molecule has 0 saturated heterocycles. The molecule has 0 spiro atoms. The Bertz CT molecular complexity index is 329. The summed E-state index contributed by atoms with van der Waals surface area (Å²) in [4.78, 5) is 33.6. The van der Waals surface area contributed by atoms with Crippen LogP contribution in [0.1, 0.15) is 26.7 Å². The number of carbonyl (C=O) groups is 3. The normalized spacial score (nSPS) is 23.6. The predicted octanol–water partition coefficient (Wildman–Crippen LogP) is -0.262. The van der Waals surface area contributed by atoms with E-state index < -0.39 is 23.8 Å². The summed E-state index contributed by atoms with van der Waals surface area (Å²) in [7, 11) is 0. The van der Waals surface area contributed by atoms with E-state index in [2.05, 4.69) is 10.6 Å². The third kappa shape index (κ3) is 3.72. The molecular formula is C11H18N2O4. The highest BCUT2D eigenvalue weighted by atomic mass is 16.4. The summed E-state index contributed by atoms with van der Waals surface area (Å²) in [6, 6.07) is -0.621. The van der Waals surface area contributed by atoms with E-state index in [0.29, 0.717) is 13.0 Å². The molecule has 0 aromatic heterocycles. The number of hydrogen-bond acceptors (Lipinski definition) is 3. The summed E-state index contributed by atoms with van der Waals surface area (Å²) in [5.41, 5.74) is 0. The van der Waals surface area contributed by atoms with Crippen molar-refractivity contribution in [2.75, 3.05) is 6.54 Å². The molecule has 3 atom stereocenters. The first kappa shape index (κ1) is 13.5. The lowest BCUT2D eigenvalue weighted by Gasteiger charge is -2.13. The van der Waals surface area contributed by atoms with Gasteiger partial charge in [-0.15, -0.1) is 0 Å². The molecule has 0 aromatic carbocycles. The van der Waals surface area contributed by atoms with Gasteiger partial charge in [-0.25, -0.2) is 0 Å². The van der Waals surface area contributed by atoms with Crippen LogP contribution in [0.15, 0.2) is 0 Å². The topological polar surface area (TPSA) is 95.5 Å². The van der Waals surface area contributed by atoms with Gasteiger partial charge in [0.2, 0.25) is 11.8 Å². The summed E-state index contributed by atoms with van der Waals surface area (Å²) < 4.78 is 0. The minimum absolute atomic E-state index is 0.243. The van der Waals surface area contributed by atoms with Gasteiger partial charge in [-0.1, -0.05) is 6.92 Å². The van der Waals surface area contributed by atoms with Crippen molar-refractivity contribution in [3.05, 3.63) is 0 Å². The Morgan fingerprint density at radius 1 is 1.35 bits per heavy atom. The van der Waals surface area contributed by atoms with Gasteiger partial charge < -0.3 is 15.7 Å². The van der Waals surface area contributed by atoms with Gasteiger partial charge in [0, 0.05) is 6.54 Å². The Labute approximate surface area is 99.8 Å². The van der Waals surface area contributed by atoms with Crippen molar-refractivity contribution in [3.8, 4) is 0 Å². The largest absolute Gasteiger partial charge is 0.481 e. The first-order valence-corrected chi connectivity index (χ1v) is 5.78. The van der Waals surface area contributed by atoms with E-state index in [1.807, 2.05) is 6.92 Å². The smallest absolute Gasteiger partial charge is 0.307 e.